The van der Waals surface area contributed by atoms with Crippen LogP contribution in [0.15, 0.2) is 54.7 Å². The number of anilines is 4. The number of methoxy groups -OCH3 is 1. The van der Waals surface area contributed by atoms with Gasteiger partial charge in [0.15, 0.2) is 5.65 Å². The van der Waals surface area contributed by atoms with E-state index in [1.807, 2.05) is 49.5 Å². The monoisotopic (exact) mass is 449 g/mol. The number of nitrogens with zero attached hydrogens (tertiary/aromatic N) is 6. The fourth-order valence-electron chi connectivity index (χ4n) is 3.99. The summed E-state index contributed by atoms with van der Waals surface area (Å²) in [4.78, 5) is 14.2. The van der Waals surface area contributed by atoms with Crippen LogP contribution < -0.4 is 19.9 Å². The van der Waals surface area contributed by atoms with Crippen molar-refractivity contribution in [3.05, 3.63) is 59.8 Å². The van der Waals surface area contributed by atoms with Crippen LogP contribution in [0.4, 0.5) is 23.1 Å². The van der Waals surface area contributed by atoms with Gasteiger partial charge in [-0.25, -0.2) is 0 Å². The summed E-state index contributed by atoms with van der Waals surface area (Å²) in [5.74, 6) is 2.29. The third-order valence-corrected chi connectivity index (χ3v) is 5.89. The van der Waals surface area contributed by atoms with Crippen molar-refractivity contribution in [3.8, 4) is 5.75 Å². The second-order valence-electron chi connectivity index (χ2n) is 7.66. The lowest BCUT2D eigenvalue weighted by Crippen LogP contribution is -2.47. The third kappa shape index (κ3) is 3.89. The molecule has 0 radical (unpaired) electrons. The normalized spacial score (nSPS) is 14.1. The van der Waals surface area contributed by atoms with Gasteiger partial charge in [0.2, 0.25) is 5.95 Å². The molecule has 1 fully saturated rings. The maximum absolute atomic E-state index is 6.16. The first kappa shape index (κ1) is 20.4. The van der Waals surface area contributed by atoms with E-state index in [4.69, 9.17) is 26.3 Å². The molecule has 0 bridgehead atoms. The van der Waals surface area contributed by atoms with Gasteiger partial charge in [0.1, 0.15) is 11.6 Å². The summed E-state index contributed by atoms with van der Waals surface area (Å²) in [6.45, 7) is 3.31. The molecule has 8 nitrogen and oxygen atoms in total. The van der Waals surface area contributed by atoms with Crippen LogP contribution in [-0.4, -0.2) is 53.0 Å². The number of nitrogens with one attached hydrogen (secondary N) is 1. The number of aryl methyl sites for hydroxylation is 1. The fourth-order valence-corrected chi connectivity index (χ4v) is 4.18. The second kappa shape index (κ2) is 8.55. The van der Waals surface area contributed by atoms with E-state index in [0.29, 0.717) is 16.8 Å². The molecule has 9 heteroatoms. The molecule has 164 valence electrons. The summed E-state index contributed by atoms with van der Waals surface area (Å²) in [5.41, 5.74) is 2.76. The summed E-state index contributed by atoms with van der Waals surface area (Å²) in [5, 5.41) is 9.30. The quantitative estimate of drug-likeness (QED) is 0.492. The Labute approximate surface area is 191 Å². The molecule has 1 aliphatic heterocycles. The maximum Gasteiger partial charge on any atom is 0.229 e. The van der Waals surface area contributed by atoms with E-state index in [1.165, 1.54) is 0 Å². The molecule has 2 aromatic carbocycles. The number of fused-ring (bicyclic) bond motifs is 1. The maximum atomic E-state index is 6.16. The van der Waals surface area contributed by atoms with Crippen molar-refractivity contribution >= 4 is 45.8 Å². The topological polar surface area (TPSA) is 71.3 Å². The molecule has 0 atom stereocenters. The van der Waals surface area contributed by atoms with Crippen molar-refractivity contribution in [2.45, 2.75) is 0 Å². The van der Waals surface area contributed by atoms with Crippen molar-refractivity contribution in [2.75, 3.05) is 48.4 Å². The van der Waals surface area contributed by atoms with Gasteiger partial charge in [-0.3, -0.25) is 4.68 Å². The number of ether oxygens (including phenoxy) is 1. The molecule has 32 heavy (non-hydrogen) atoms. The predicted molar refractivity (Wildman–Crippen MR) is 128 cm³/mol. The van der Waals surface area contributed by atoms with Gasteiger partial charge in [-0.2, -0.15) is 15.1 Å². The molecule has 2 aromatic heterocycles. The van der Waals surface area contributed by atoms with E-state index in [9.17, 15) is 0 Å². The van der Waals surface area contributed by atoms with Gasteiger partial charge in [0.25, 0.3) is 0 Å². The molecule has 0 unspecified atom stereocenters. The standard InChI is InChI=1S/C23H24ClN7O/c1-29-22-18(15-25-29)21(26-17-7-5-6-16(24)14-17)27-23(28-22)31-12-10-30(11-13-31)19-8-3-4-9-20(19)32-2/h3-9,14-15H,10-13H2,1-2H3,(H,26,27,28). The van der Waals surface area contributed by atoms with E-state index in [-0.39, 0.29) is 0 Å². The highest BCUT2D eigenvalue weighted by Crippen LogP contribution is 2.30. The van der Waals surface area contributed by atoms with Crippen molar-refractivity contribution in [1.82, 2.24) is 19.7 Å². The van der Waals surface area contributed by atoms with E-state index in [0.717, 1.165) is 54.3 Å². The first-order valence-electron chi connectivity index (χ1n) is 10.5. The van der Waals surface area contributed by atoms with Crippen LogP contribution in [-0.2, 0) is 7.05 Å². The Kier molecular flexibility index (Phi) is 5.45. The zero-order chi connectivity index (χ0) is 22.1. The lowest BCUT2D eigenvalue weighted by molar-refractivity contribution is 0.413. The lowest BCUT2D eigenvalue weighted by atomic mass is 10.2. The first-order valence-corrected chi connectivity index (χ1v) is 10.9. The third-order valence-electron chi connectivity index (χ3n) is 5.66. The van der Waals surface area contributed by atoms with Crippen LogP contribution in [0.3, 0.4) is 0 Å². The van der Waals surface area contributed by atoms with E-state index < -0.39 is 0 Å². The van der Waals surface area contributed by atoms with Crippen molar-refractivity contribution < 1.29 is 4.74 Å². The number of rotatable bonds is 5. The number of benzene rings is 2. The zero-order valence-corrected chi connectivity index (χ0v) is 18.8. The Morgan fingerprint density at radius 3 is 2.53 bits per heavy atom. The predicted octanol–water partition coefficient (Wildman–Crippen LogP) is 4.10. The molecule has 0 amide bonds. The largest absolute Gasteiger partial charge is 0.495 e. The van der Waals surface area contributed by atoms with Gasteiger partial charge in [-0.15, -0.1) is 0 Å². The summed E-state index contributed by atoms with van der Waals surface area (Å²) < 4.78 is 7.31. The first-order chi connectivity index (χ1) is 15.6. The average Bonchev–Trinajstić information content (AvgIpc) is 3.20. The van der Waals surface area contributed by atoms with Gasteiger partial charge in [0.05, 0.1) is 24.4 Å². The number of hydrogen-bond acceptors (Lipinski definition) is 7. The number of para-hydroxylation sites is 2. The Bertz CT molecular complexity index is 1250. The molecule has 0 spiro atoms. The van der Waals surface area contributed by atoms with E-state index >= 15 is 0 Å². The van der Waals surface area contributed by atoms with Gasteiger partial charge in [-0.1, -0.05) is 29.8 Å². The van der Waals surface area contributed by atoms with Gasteiger partial charge in [-0.05, 0) is 30.3 Å². The molecule has 5 rings (SSSR count). The second-order valence-corrected chi connectivity index (χ2v) is 8.10. The minimum Gasteiger partial charge on any atom is -0.495 e. The van der Waals surface area contributed by atoms with E-state index in [1.54, 1.807) is 18.0 Å². The summed E-state index contributed by atoms with van der Waals surface area (Å²) in [7, 11) is 3.60. The van der Waals surface area contributed by atoms with Gasteiger partial charge >= 0.3 is 0 Å². The molecule has 0 saturated carbocycles. The summed E-state index contributed by atoms with van der Waals surface area (Å²) in [6, 6.07) is 15.7. The van der Waals surface area contributed by atoms with Crippen LogP contribution in [0, 0.1) is 0 Å². The molecule has 1 N–H and O–H groups in total. The lowest BCUT2D eigenvalue weighted by Gasteiger charge is -2.36. The minimum atomic E-state index is 0.666. The summed E-state index contributed by atoms with van der Waals surface area (Å²) in [6.07, 6.45) is 1.78. The molecule has 1 aliphatic rings. The Morgan fingerprint density at radius 2 is 1.75 bits per heavy atom. The molecular formula is C23H24ClN7O. The number of piperazine rings is 1. The highest BCUT2D eigenvalue weighted by atomic mass is 35.5. The molecule has 4 aromatic rings. The minimum absolute atomic E-state index is 0.666. The fraction of sp³-hybridized carbons (Fsp3) is 0.261. The molecule has 0 aliphatic carbocycles. The number of hydrogen-bond donors (Lipinski definition) is 1. The van der Waals surface area contributed by atoms with Crippen LogP contribution in [0.1, 0.15) is 0 Å². The highest BCUT2D eigenvalue weighted by Gasteiger charge is 2.23. The van der Waals surface area contributed by atoms with Crippen molar-refractivity contribution in [2.24, 2.45) is 7.05 Å². The van der Waals surface area contributed by atoms with Gasteiger partial charge in [0, 0.05) is 43.9 Å². The number of aromatic nitrogens is 4. The summed E-state index contributed by atoms with van der Waals surface area (Å²) >= 11 is 6.16. The smallest absolute Gasteiger partial charge is 0.229 e. The molecule has 1 saturated heterocycles. The Balaban J connectivity index is 1.42. The average molecular weight is 450 g/mol. The van der Waals surface area contributed by atoms with Crippen LogP contribution >= 0.6 is 11.6 Å². The molecule has 3 heterocycles. The van der Waals surface area contributed by atoms with Crippen LogP contribution in [0.5, 0.6) is 5.75 Å². The van der Waals surface area contributed by atoms with Crippen molar-refractivity contribution in [3.63, 3.8) is 0 Å². The van der Waals surface area contributed by atoms with Crippen molar-refractivity contribution in [1.29, 1.82) is 0 Å². The highest BCUT2D eigenvalue weighted by molar-refractivity contribution is 6.30. The zero-order valence-electron chi connectivity index (χ0n) is 18.0. The molecular weight excluding hydrogens is 426 g/mol. The Hall–Kier alpha value is -3.52. The van der Waals surface area contributed by atoms with Crippen LogP contribution in [0.2, 0.25) is 5.02 Å². The van der Waals surface area contributed by atoms with Crippen LogP contribution in [0.25, 0.3) is 11.0 Å². The van der Waals surface area contributed by atoms with Gasteiger partial charge < -0.3 is 19.9 Å². The number of halogens is 1. The SMILES string of the molecule is COc1ccccc1N1CCN(c2nc(Nc3cccc(Cl)c3)c3cnn(C)c3n2)CC1. The Morgan fingerprint density at radius 1 is 0.969 bits per heavy atom. The van der Waals surface area contributed by atoms with E-state index in [2.05, 4.69) is 26.3 Å².